The third-order valence-corrected chi connectivity index (χ3v) is 2.96. The molecule has 90 valence electrons. The van der Waals surface area contributed by atoms with Crippen LogP contribution in [-0.2, 0) is 0 Å². The van der Waals surface area contributed by atoms with Crippen molar-refractivity contribution in [3.05, 3.63) is 45.6 Å². The molecule has 0 saturated carbocycles. The fraction of sp³-hybridized carbons (Fsp3) is 0.100. The van der Waals surface area contributed by atoms with Crippen LogP contribution in [0.15, 0.2) is 22.8 Å². The monoisotopic (exact) mass is 303 g/mol. The number of rotatable bonds is 2. The average molecular weight is 304 g/mol. The first-order valence-corrected chi connectivity index (χ1v) is 5.42. The number of hydrogen-bond acceptors (Lipinski definition) is 3. The van der Waals surface area contributed by atoms with Crippen LogP contribution < -0.4 is 5.73 Å². The van der Waals surface area contributed by atoms with Crippen LogP contribution >= 0.6 is 15.9 Å². The maximum atomic E-state index is 13.7. The minimum atomic E-state index is -1.51. The highest BCUT2D eigenvalue weighted by Crippen LogP contribution is 2.32. The molecule has 0 bridgehead atoms. The molecular formula is C10H8BrF2N3O. The van der Waals surface area contributed by atoms with E-state index in [0.717, 1.165) is 6.07 Å². The second kappa shape index (κ2) is 4.42. The summed E-state index contributed by atoms with van der Waals surface area (Å²) in [5.41, 5.74) is 5.14. The molecule has 1 aromatic carbocycles. The van der Waals surface area contributed by atoms with Gasteiger partial charge in [-0.1, -0.05) is 0 Å². The van der Waals surface area contributed by atoms with Gasteiger partial charge in [-0.2, -0.15) is 5.10 Å². The maximum absolute atomic E-state index is 13.7. The van der Waals surface area contributed by atoms with Gasteiger partial charge in [0.25, 0.3) is 0 Å². The van der Waals surface area contributed by atoms with Crippen LogP contribution in [0, 0.1) is 11.6 Å². The van der Waals surface area contributed by atoms with E-state index in [-0.39, 0.29) is 15.9 Å². The van der Waals surface area contributed by atoms with Crippen molar-refractivity contribution in [2.75, 3.05) is 5.73 Å². The van der Waals surface area contributed by atoms with Gasteiger partial charge in [-0.05, 0) is 28.1 Å². The lowest BCUT2D eigenvalue weighted by atomic mass is 10.0. The first-order chi connectivity index (χ1) is 8.02. The normalized spacial score (nSPS) is 12.7. The predicted octanol–water partition coefficient (Wildman–Crippen LogP) is 2.11. The molecule has 0 saturated heterocycles. The van der Waals surface area contributed by atoms with Crippen LogP contribution in [0.4, 0.5) is 14.6 Å². The number of halogens is 3. The SMILES string of the molecule is Nc1[nH]ncc1C(O)c1c(F)ccc(Br)c1F. The van der Waals surface area contributed by atoms with Crippen molar-refractivity contribution < 1.29 is 13.9 Å². The Morgan fingerprint density at radius 2 is 2.12 bits per heavy atom. The molecular weight excluding hydrogens is 296 g/mol. The predicted molar refractivity (Wildman–Crippen MR) is 61.1 cm³/mol. The zero-order valence-corrected chi connectivity index (χ0v) is 10.0. The lowest BCUT2D eigenvalue weighted by Gasteiger charge is -2.12. The van der Waals surface area contributed by atoms with E-state index in [0.29, 0.717) is 0 Å². The molecule has 4 N–H and O–H groups in total. The van der Waals surface area contributed by atoms with Crippen LogP contribution in [0.25, 0.3) is 0 Å². The zero-order valence-electron chi connectivity index (χ0n) is 8.42. The van der Waals surface area contributed by atoms with E-state index in [9.17, 15) is 13.9 Å². The Kier molecular flexibility index (Phi) is 3.12. The molecule has 1 unspecified atom stereocenters. The Hall–Kier alpha value is -1.47. The summed E-state index contributed by atoms with van der Waals surface area (Å²) in [6.45, 7) is 0. The van der Waals surface area contributed by atoms with Gasteiger partial charge in [-0.3, -0.25) is 5.10 Å². The summed E-state index contributed by atoms with van der Waals surface area (Å²) >= 11 is 2.92. The van der Waals surface area contributed by atoms with Gasteiger partial charge in [0, 0.05) is 5.56 Å². The van der Waals surface area contributed by atoms with E-state index in [1.165, 1.54) is 12.3 Å². The number of anilines is 1. The van der Waals surface area contributed by atoms with E-state index in [4.69, 9.17) is 5.73 Å². The van der Waals surface area contributed by atoms with Gasteiger partial charge >= 0.3 is 0 Å². The van der Waals surface area contributed by atoms with Crippen molar-refractivity contribution in [1.82, 2.24) is 10.2 Å². The standard InChI is InChI=1S/C10H8BrF2N3O/c11-5-1-2-6(12)7(8(5)13)9(17)4-3-15-16-10(4)14/h1-3,9,17H,(H3,14,15,16). The highest BCUT2D eigenvalue weighted by Gasteiger charge is 2.24. The van der Waals surface area contributed by atoms with Crippen molar-refractivity contribution in [2.24, 2.45) is 0 Å². The first-order valence-electron chi connectivity index (χ1n) is 4.62. The molecule has 2 rings (SSSR count). The summed E-state index contributed by atoms with van der Waals surface area (Å²) in [5, 5.41) is 15.9. The van der Waals surface area contributed by atoms with Gasteiger partial charge < -0.3 is 10.8 Å². The summed E-state index contributed by atoms with van der Waals surface area (Å²) in [6, 6.07) is 2.28. The molecule has 17 heavy (non-hydrogen) atoms. The number of aliphatic hydroxyl groups excluding tert-OH is 1. The third-order valence-electron chi connectivity index (χ3n) is 2.35. The summed E-state index contributed by atoms with van der Waals surface area (Å²) in [7, 11) is 0. The molecule has 2 aromatic rings. The van der Waals surface area contributed by atoms with E-state index in [1.54, 1.807) is 0 Å². The topological polar surface area (TPSA) is 74.9 Å². The minimum absolute atomic E-state index is 0.0648. The molecule has 1 atom stereocenters. The lowest BCUT2D eigenvalue weighted by Crippen LogP contribution is -2.07. The molecule has 4 nitrogen and oxygen atoms in total. The third kappa shape index (κ3) is 2.03. The Morgan fingerprint density at radius 3 is 2.71 bits per heavy atom. The zero-order chi connectivity index (χ0) is 12.6. The van der Waals surface area contributed by atoms with E-state index in [2.05, 4.69) is 26.1 Å². The first kappa shape index (κ1) is 12.0. The molecule has 7 heteroatoms. The summed E-state index contributed by atoms with van der Waals surface area (Å²) < 4.78 is 27.3. The highest BCUT2D eigenvalue weighted by atomic mass is 79.9. The summed E-state index contributed by atoms with van der Waals surface area (Å²) in [5.74, 6) is -1.65. The number of nitrogen functional groups attached to an aromatic ring is 1. The molecule has 0 radical (unpaired) electrons. The van der Waals surface area contributed by atoms with E-state index in [1.807, 2.05) is 0 Å². The average Bonchev–Trinajstić information content (AvgIpc) is 2.70. The summed E-state index contributed by atoms with van der Waals surface area (Å²) in [6.07, 6.45) is -0.286. The van der Waals surface area contributed by atoms with Gasteiger partial charge in [-0.25, -0.2) is 8.78 Å². The Balaban J connectivity index is 2.55. The van der Waals surface area contributed by atoms with Crippen LogP contribution in [0.3, 0.4) is 0 Å². The maximum Gasteiger partial charge on any atom is 0.146 e. The van der Waals surface area contributed by atoms with Crippen molar-refractivity contribution >= 4 is 21.7 Å². The minimum Gasteiger partial charge on any atom is -0.384 e. The number of hydrogen-bond donors (Lipinski definition) is 3. The number of aromatic amines is 1. The quantitative estimate of drug-likeness (QED) is 0.744. The second-order valence-electron chi connectivity index (χ2n) is 3.40. The van der Waals surface area contributed by atoms with Crippen molar-refractivity contribution in [3.8, 4) is 0 Å². The van der Waals surface area contributed by atoms with Gasteiger partial charge in [-0.15, -0.1) is 0 Å². The van der Waals surface area contributed by atoms with Gasteiger partial charge in [0.1, 0.15) is 23.6 Å². The van der Waals surface area contributed by atoms with E-state index < -0.39 is 23.3 Å². The van der Waals surface area contributed by atoms with Gasteiger partial charge in [0.15, 0.2) is 0 Å². The summed E-state index contributed by atoms with van der Waals surface area (Å²) in [4.78, 5) is 0. The molecule has 0 fully saturated rings. The van der Waals surface area contributed by atoms with Crippen LogP contribution in [0.1, 0.15) is 17.2 Å². The number of nitrogens with zero attached hydrogens (tertiary/aromatic N) is 1. The van der Waals surface area contributed by atoms with Crippen molar-refractivity contribution in [2.45, 2.75) is 6.10 Å². The molecule has 0 aliphatic heterocycles. The Labute approximate surface area is 104 Å². The smallest absolute Gasteiger partial charge is 0.146 e. The Bertz CT molecular complexity index is 558. The number of benzene rings is 1. The molecule has 0 spiro atoms. The largest absolute Gasteiger partial charge is 0.384 e. The molecule has 0 amide bonds. The van der Waals surface area contributed by atoms with Crippen LogP contribution in [0.2, 0.25) is 0 Å². The van der Waals surface area contributed by atoms with Crippen LogP contribution in [-0.4, -0.2) is 15.3 Å². The number of nitrogens with two attached hydrogens (primary N) is 1. The van der Waals surface area contributed by atoms with Gasteiger partial charge in [0.05, 0.1) is 16.2 Å². The fourth-order valence-corrected chi connectivity index (χ4v) is 1.82. The van der Waals surface area contributed by atoms with Crippen LogP contribution in [0.5, 0.6) is 0 Å². The number of aliphatic hydroxyl groups is 1. The number of nitrogens with one attached hydrogen (secondary N) is 1. The molecule has 1 aromatic heterocycles. The fourth-order valence-electron chi connectivity index (χ4n) is 1.47. The van der Waals surface area contributed by atoms with Crippen molar-refractivity contribution in [1.29, 1.82) is 0 Å². The highest BCUT2D eigenvalue weighted by molar-refractivity contribution is 9.10. The Morgan fingerprint density at radius 1 is 1.41 bits per heavy atom. The lowest BCUT2D eigenvalue weighted by molar-refractivity contribution is 0.209. The van der Waals surface area contributed by atoms with Crippen molar-refractivity contribution in [3.63, 3.8) is 0 Å². The molecule has 1 heterocycles. The van der Waals surface area contributed by atoms with Gasteiger partial charge in [0.2, 0.25) is 0 Å². The second-order valence-corrected chi connectivity index (χ2v) is 4.25. The number of aromatic nitrogens is 2. The molecule has 0 aliphatic rings. The van der Waals surface area contributed by atoms with E-state index >= 15 is 0 Å². The molecule has 0 aliphatic carbocycles. The number of H-pyrrole nitrogens is 1.